The predicted octanol–water partition coefficient (Wildman–Crippen LogP) is 3.50. The number of aromatic nitrogens is 1. The molecule has 0 spiro atoms. The summed E-state index contributed by atoms with van der Waals surface area (Å²) in [6.45, 7) is 3.80. The number of pyridine rings is 1. The van der Waals surface area contributed by atoms with Gasteiger partial charge in [0.2, 0.25) is 5.95 Å². The van der Waals surface area contributed by atoms with Gasteiger partial charge in [0.05, 0.1) is 11.6 Å². The van der Waals surface area contributed by atoms with Gasteiger partial charge in [0.15, 0.2) is 5.82 Å². The predicted molar refractivity (Wildman–Crippen MR) is 75.8 cm³/mol. The molecule has 0 saturated carbocycles. The molecule has 0 fully saturated rings. The van der Waals surface area contributed by atoms with E-state index in [-0.39, 0.29) is 11.6 Å². The van der Waals surface area contributed by atoms with Gasteiger partial charge in [0.1, 0.15) is 0 Å². The molecule has 1 amide bonds. The minimum absolute atomic E-state index is 0.256. The maximum Gasteiger partial charge on any atom is 0.257 e. The molecular formula is C16H16F2N2O. The van der Waals surface area contributed by atoms with Gasteiger partial charge < -0.3 is 4.90 Å². The molecule has 1 heterocycles. The van der Waals surface area contributed by atoms with Crippen LogP contribution >= 0.6 is 0 Å². The third-order valence-corrected chi connectivity index (χ3v) is 3.54. The fourth-order valence-electron chi connectivity index (χ4n) is 2.02. The SMILES string of the molecule is Cc1ccc(C(C)N(C)C(=O)c2ccnc(F)c2F)cc1. The zero-order chi connectivity index (χ0) is 15.6. The minimum atomic E-state index is -1.27. The molecule has 0 aliphatic heterocycles. The van der Waals surface area contributed by atoms with Crippen molar-refractivity contribution in [2.24, 2.45) is 0 Å². The van der Waals surface area contributed by atoms with Crippen LogP contribution in [0.2, 0.25) is 0 Å². The van der Waals surface area contributed by atoms with E-state index in [1.807, 2.05) is 38.1 Å². The molecule has 3 nitrogen and oxygen atoms in total. The van der Waals surface area contributed by atoms with Gasteiger partial charge in [-0.3, -0.25) is 4.79 Å². The van der Waals surface area contributed by atoms with Crippen molar-refractivity contribution in [2.45, 2.75) is 19.9 Å². The molecule has 1 unspecified atom stereocenters. The molecule has 0 radical (unpaired) electrons. The van der Waals surface area contributed by atoms with Gasteiger partial charge in [0, 0.05) is 13.2 Å². The molecule has 1 aromatic heterocycles. The molecular weight excluding hydrogens is 274 g/mol. The van der Waals surface area contributed by atoms with Crippen LogP contribution < -0.4 is 0 Å². The summed E-state index contributed by atoms with van der Waals surface area (Å²) >= 11 is 0. The van der Waals surface area contributed by atoms with Gasteiger partial charge in [-0.25, -0.2) is 9.37 Å². The first kappa shape index (κ1) is 15.1. The molecule has 1 aromatic carbocycles. The Hall–Kier alpha value is -2.30. The molecule has 0 aliphatic rings. The zero-order valence-electron chi connectivity index (χ0n) is 12.1. The van der Waals surface area contributed by atoms with Crippen molar-refractivity contribution in [3.63, 3.8) is 0 Å². The van der Waals surface area contributed by atoms with Crippen molar-refractivity contribution in [3.8, 4) is 0 Å². The van der Waals surface area contributed by atoms with Gasteiger partial charge in [-0.05, 0) is 25.5 Å². The highest BCUT2D eigenvalue weighted by Gasteiger charge is 2.23. The van der Waals surface area contributed by atoms with Crippen LogP contribution in [0.4, 0.5) is 8.78 Å². The van der Waals surface area contributed by atoms with E-state index in [0.717, 1.165) is 17.3 Å². The van der Waals surface area contributed by atoms with Crippen molar-refractivity contribution >= 4 is 5.91 Å². The molecule has 2 aromatic rings. The summed E-state index contributed by atoms with van der Waals surface area (Å²) in [6, 6.07) is 8.63. The van der Waals surface area contributed by atoms with Gasteiger partial charge in [-0.2, -0.15) is 4.39 Å². The van der Waals surface area contributed by atoms with Gasteiger partial charge in [-0.15, -0.1) is 0 Å². The number of carbonyl (C=O) groups is 1. The van der Waals surface area contributed by atoms with E-state index in [4.69, 9.17) is 0 Å². The fraction of sp³-hybridized carbons (Fsp3) is 0.250. The topological polar surface area (TPSA) is 33.2 Å². The zero-order valence-corrected chi connectivity index (χ0v) is 12.1. The van der Waals surface area contributed by atoms with E-state index < -0.39 is 17.7 Å². The minimum Gasteiger partial charge on any atom is -0.335 e. The van der Waals surface area contributed by atoms with Crippen LogP contribution in [0.15, 0.2) is 36.5 Å². The maximum absolute atomic E-state index is 13.6. The average Bonchev–Trinajstić information content (AvgIpc) is 2.48. The Kier molecular flexibility index (Phi) is 4.31. The summed E-state index contributed by atoms with van der Waals surface area (Å²) in [5, 5.41) is 0. The van der Waals surface area contributed by atoms with Gasteiger partial charge in [0.25, 0.3) is 5.91 Å². The highest BCUT2D eigenvalue weighted by Crippen LogP contribution is 2.22. The number of nitrogens with zero attached hydrogens (tertiary/aromatic N) is 2. The number of carbonyl (C=O) groups excluding carboxylic acids is 1. The standard InChI is InChI=1S/C16H16F2N2O/c1-10-4-6-12(7-5-10)11(2)20(3)16(21)13-8-9-19-15(18)14(13)17/h4-9,11H,1-3H3. The van der Waals surface area contributed by atoms with E-state index in [1.165, 1.54) is 11.0 Å². The van der Waals surface area contributed by atoms with Crippen LogP contribution in [-0.2, 0) is 0 Å². The van der Waals surface area contributed by atoms with Crippen LogP contribution in [0.5, 0.6) is 0 Å². The Morgan fingerprint density at radius 3 is 2.43 bits per heavy atom. The first-order valence-electron chi connectivity index (χ1n) is 6.55. The van der Waals surface area contributed by atoms with E-state index in [2.05, 4.69) is 4.98 Å². The summed E-state index contributed by atoms with van der Waals surface area (Å²) in [5.74, 6) is -3.07. The summed E-state index contributed by atoms with van der Waals surface area (Å²) < 4.78 is 26.8. The molecule has 110 valence electrons. The summed E-state index contributed by atoms with van der Waals surface area (Å²) in [4.78, 5) is 16.8. The highest BCUT2D eigenvalue weighted by atomic mass is 19.2. The lowest BCUT2D eigenvalue weighted by atomic mass is 10.0. The first-order chi connectivity index (χ1) is 9.91. The van der Waals surface area contributed by atoms with Gasteiger partial charge in [-0.1, -0.05) is 29.8 Å². The lowest BCUT2D eigenvalue weighted by Gasteiger charge is -2.25. The molecule has 0 saturated heterocycles. The second-order valence-electron chi connectivity index (χ2n) is 4.97. The van der Waals surface area contributed by atoms with Crippen LogP contribution in [0.25, 0.3) is 0 Å². The quantitative estimate of drug-likeness (QED) is 0.811. The van der Waals surface area contributed by atoms with Crippen LogP contribution in [-0.4, -0.2) is 22.8 Å². The van der Waals surface area contributed by atoms with E-state index in [1.54, 1.807) is 7.05 Å². The Balaban J connectivity index is 2.26. The number of hydrogen-bond donors (Lipinski definition) is 0. The van der Waals surface area contributed by atoms with Crippen molar-refractivity contribution < 1.29 is 13.6 Å². The van der Waals surface area contributed by atoms with Crippen molar-refractivity contribution in [1.82, 2.24) is 9.88 Å². The second kappa shape index (κ2) is 5.99. The molecule has 5 heteroatoms. The number of rotatable bonds is 3. The van der Waals surface area contributed by atoms with E-state index in [9.17, 15) is 13.6 Å². The summed E-state index contributed by atoms with van der Waals surface area (Å²) in [7, 11) is 1.56. The molecule has 1 atom stereocenters. The Bertz CT molecular complexity index is 656. The normalized spacial score (nSPS) is 12.0. The molecule has 0 bridgehead atoms. The third-order valence-electron chi connectivity index (χ3n) is 3.54. The Morgan fingerprint density at radius 2 is 1.81 bits per heavy atom. The molecule has 0 N–H and O–H groups in total. The second-order valence-corrected chi connectivity index (χ2v) is 4.97. The van der Waals surface area contributed by atoms with Crippen molar-refractivity contribution in [3.05, 3.63) is 65.0 Å². The largest absolute Gasteiger partial charge is 0.335 e. The number of halogens is 2. The number of aryl methyl sites for hydroxylation is 1. The summed E-state index contributed by atoms with van der Waals surface area (Å²) in [5.41, 5.74) is 1.72. The van der Waals surface area contributed by atoms with Gasteiger partial charge >= 0.3 is 0 Å². The van der Waals surface area contributed by atoms with Crippen LogP contribution in [0.3, 0.4) is 0 Å². The maximum atomic E-state index is 13.6. The van der Waals surface area contributed by atoms with E-state index in [0.29, 0.717) is 0 Å². The molecule has 0 aliphatic carbocycles. The van der Waals surface area contributed by atoms with E-state index >= 15 is 0 Å². The van der Waals surface area contributed by atoms with Crippen LogP contribution in [0.1, 0.15) is 34.5 Å². The number of amides is 1. The monoisotopic (exact) mass is 290 g/mol. The molecule has 21 heavy (non-hydrogen) atoms. The molecule has 2 rings (SSSR count). The lowest BCUT2D eigenvalue weighted by molar-refractivity contribution is 0.0736. The third kappa shape index (κ3) is 3.07. The smallest absolute Gasteiger partial charge is 0.257 e. The number of benzene rings is 1. The first-order valence-corrected chi connectivity index (χ1v) is 6.55. The van der Waals surface area contributed by atoms with Crippen molar-refractivity contribution in [2.75, 3.05) is 7.05 Å². The van der Waals surface area contributed by atoms with Crippen LogP contribution in [0, 0.1) is 18.7 Å². The number of hydrogen-bond acceptors (Lipinski definition) is 2. The fourth-order valence-corrected chi connectivity index (χ4v) is 2.02. The summed E-state index contributed by atoms with van der Waals surface area (Å²) in [6.07, 6.45) is 1.08. The Morgan fingerprint density at radius 1 is 1.19 bits per heavy atom. The average molecular weight is 290 g/mol. The lowest BCUT2D eigenvalue weighted by Crippen LogP contribution is -2.30. The van der Waals surface area contributed by atoms with Crippen molar-refractivity contribution in [1.29, 1.82) is 0 Å². The highest BCUT2D eigenvalue weighted by molar-refractivity contribution is 5.94. The Labute approximate surface area is 122 Å².